The number of hydrogen-bond acceptors (Lipinski definition) is 4. The first-order valence-electron chi connectivity index (χ1n) is 6.52. The molecule has 2 N–H and O–H groups in total. The zero-order valence-corrected chi connectivity index (χ0v) is 12.4. The van der Waals surface area contributed by atoms with E-state index >= 15 is 0 Å². The number of benzene rings is 1. The second-order valence-corrected chi connectivity index (χ2v) is 5.11. The molecule has 0 aliphatic rings. The number of nitrogens with one attached hydrogen (secondary N) is 2. The number of esters is 1. The van der Waals surface area contributed by atoms with Crippen LogP contribution in [0.15, 0.2) is 30.3 Å². The van der Waals surface area contributed by atoms with Crippen molar-refractivity contribution < 1.29 is 14.3 Å². The maximum Gasteiger partial charge on any atom is 0.328 e. The Morgan fingerprint density at radius 2 is 1.85 bits per heavy atom. The van der Waals surface area contributed by atoms with E-state index in [2.05, 4.69) is 10.6 Å². The summed E-state index contributed by atoms with van der Waals surface area (Å²) in [5.41, 5.74) is 0.216. The molecular formula is C15H22N2O3. The van der Waals surface area contributed by atoms with Gasteiger partial charge in [0.05, 0.1) is 12.6 Å². The van der Waals surface area contributed by atoms with Gasteiger partial charge >= 0.3 is 5.97 Å². The Bertz CT molecular complexity index is 457. The van der Waals surface area contributed by atoms with E-state index in [1.165, 1.54) is 7.11 Å². The first-order chi connectivity index (χ1) is 9.40. The molecule has 0 saturated heterocycles. The zero-order chi connectivity index (χ0) is 15.2. The Morgan fingerprint density at radius 1 is 1.25 bits per heavy atom. The topological polar surface area (TPSA) is 67.4 Å². The molecule has 0 aromatic heterocycles. The average Bonchev–Trinajstić information content (AvgIpc) is 2.46. The van der Waals surface area contributed by atoms with Crippen molar-refractivity contribution in [3.8, 4) is 0 Å². The molecule has 110 valence electrons. The minimum atomic E-state index is -0.747. The molecule has 0 saturated carbocycles. The minimum absolute atomic E-state index is 0.244. The van der Waals surface area contributed by atoms with E-state index in [9.17, 15) is 9.59 Å². The molecule has 0 aliphatic carbocycles. The summed E-state index contributed by atoms with van der Waals surface area (Å²) in [4.78, 5) is 23.9. The number of carbonyl (C=O) groups excluding carboxylic acids is 2. The second-order valence-electron chi connectivity index (χ2n) is 5.11. The molecule has 0 heterocycles. The standard InChI is InChI=1S/C15H22N2O3/c1-15(2,16-3)14(19)17-12(13(18)20-4)10-11-8-6-5-7-9-11/h5-9,12,16H,10H2,1-4H3,(H,17,19). The summed E-state index contributed by atoms with van der Waals surface area (Å²) in [6.07, 6.45) is 0.402. The molecular weight excluding hydrogens is 256 g/mol. The third-order valence-corrected chi connectivity index (χ3v) is 3.27. The Balaban J connectivity index is 2.81. The van der Waals surface area contributed by atoms with Gasteiger partial charge in [-0.05, 0) is 26.5 Å². The average molecular weight is 278 g/mol. The van der Waals surface area contributed by atoms with Crippen molar-refractivity contribution >= 4 is 11.9 Å². The molecule has 0 fully saturated rings. The van der Waals surface area contributed by atoms with Crippen LogP contribution in [0.3, 0.4) is 0 Å². The molecule has 0 radical (unpaired) electrons. The highest BCUT2D eigenvalue weighted by Crippen LogP contribution is 2.07. The molecule has 1 rings (SSSR count). The fraction of sp³-hybridized carbons (Fsp3) is 0.467. The lowest BCUT2D eigenvalue weighted by molar-refractivity contribution is -0.145. The summed E-state index contributed by atoms with van der Waals surface area (Å²) >= 11 is 0. The number of ether oxygens (including phenoxy) is 1. The van der Waals surface area contributed by atoms with Crippen molar-refractivity contribution in [3.63, 3.8) is 0 Å². The number of carbonyl (C=O) groups is 2. The van der Waals surface area contributed by atoms with Crippen LogP contribution < -0.4 is 10.6 Å². The quantitative estimate of drug-likeness (QED) is 0.758. The minimum Gasteiger partial charge on any atom is -0.467 e. The highest BCUT2D eigenvalue weighted by molar-refractivity contribution is 5.90. The predicted octanol–water partition coefficient (Wildman–Crippen LogP) is 0.885. The highest BCUT2D eigenvalue weighted by atomic mass is 16.5. The van der Waals surface area contributed by atoms with E-state index in [0.717, 1.165) is 5.56 Å². The summed E-state index contributed by atoms with van der Waals surface area (Å²) in [6.45, 7) is 3.50. The van der Waals surface area contributed by atoms with Crippen molar-refractivity contribution in [3.05, 3.63) is 35.9 Å². The number of likely N-dealkylation sites (N-methyl/N-ethyl adjacent to an activating group) is 1. The van der Waals surface area contributed by atoms with Gasteiger partial charge in [0.15, 0.2) is 0 Å². The lowest BCUT2D eigenvalue weighted by atomic mass is 10.0. The molecule has 5 heteroatoms. The summed E-state index contributed by atoms with van der Waals surface area (Å²) < 4.78 is 4.76. The van der Waals surface area contributed by atoms with E-state index in [4.69, 9.17) is 4.74 Å². The molecule has 1 aromatic rings. The Hall–Kier alpha value is -1.88. The van der Waals surface area contributed by atoms with Crippen LogP contribution in [-0.4, -0.2) is 37.6 Å². The predicted molar refractivity (Wildman–Crippen MR) is 77.2 cm³/mol. The molecule has 0 spiro atoms. The summed E-state index contributed by atoms with van der Waals surface area (Å²) in [7, 11) is 3.01. The number of hydrogen-bond donors (Lipinski definition) is 2. The molecule has 1 amide bonds. The van der Waals surface area contributed by atoms with Gasteiger partial charge < -0.3 is 15.4 Å². The summed E-state index contributed by atoms with van der Waals surface area (Å²) in [6, 6.07) is 8.81. The Labute approximate surface area is 119 Å². The normalized spacial score (nSPS) is 12.6. The van der Waals surface area contributed by atoms with Gasteiger partial charge in [0.2, 0.25) is 5.91 Å². The molecule has 1 unspecified atom stereocenters. The fourth-order valence-electron chi connectivity index (χ4n) is 1.64. The maximum atomic E-state index is 12.1. The van der Waals surface area contributed by atoms with Crippen molar-refractivity contribution in [1.82, 2.24) is 10.6 Å². The van der Waals surface area contributed by atoms with Gasteiger partial charge in [-0.25, -0.2) is 4.79 Å². The van der Waals surface area contributed by atoms with Crippen LogP contribution in [0.4, 0.5) is 0 Å². The SMILES string of the molecule is CNC(C)(C)C(=O)NC(Cc1ccccc1)C(=O)OC. The van der Waals surface area contributed by atoms with E-state index in [1.54, 1.807) is 20.9 Å². The van der Waals surface area contributed by atoms with E-state index in [1.807, 2.05) is 30.3 Å². The van der Waals surface area contributed by atoms with E-state index in [-0.39, 0.29) is 5.91 Å². The molecule has 20 heavy (non-hydrogen) atoms. The van der Waals surface area contributed by atoms with Crippen molar-refractivity contribution in [2.75, 3.05) is 14.2 Å². The maximum absolute atomic E-state index is 12.1. The van der Waals surface area contributed by atoms with E-state index in [0.29, 0.717) is 6.42 Å². The van der Waals surface area contributed by atoms with Crippen molar-refractivity contribution in [2.24, 2.45) is 0 Å². The number of amides is 1. The molecule has 0 bridgehead atoms. The van der Waals surface area contributed by atoms with Gasteiger partial charge in [0.25, 0.3) is 0 Å². The summed E-state index contributed by atoms with van der Waals surface area (Å²) in [5, 5.41) is 5.63. The van der Waals surface area contributed by atoms with Gasteiger partial charge in [-0.3, -0.25) is 4.79 Å². The second kappa shape index (κ2) is 7.05. The third-order valence-electron chi connectivity index (χ3n) is 3.27. The molecule has 1 aromatic carbocycles. The number of methoxy groups -OCH3 is 1. The molecule has 1 atom stereocenters. The largest absolute Gasteiger partial charge is 0.467 e. The van der Waals surface area contributed by atoms with Crippen LogP contribution in [0.2, 0.25) is 0 Å². The van der Waals surface area contributed by atoms with Crippen LogP contribution in [0.1, 0.15) is 19.4 Å². The van der Waals surface area contributed by atoms with Gasteiger partial charge in [-0.2, -0.15) is 0 Å². The number of rotatable bonds is 6. The first kappa shape index (κ1) is 16.2. The van der Waals surface area contributed by atoms with Crippen LogP contribution in [-0.2, 0) is 20.7 Å². The van der Waals surface area contributed by atoms with Gasteiger partial charge in [-0.1, -0.05) is 30.3 Å². The first-order valence-corrected chi connectivity index (χ1v) is 6.52. The van der Waals surface area contributed by atoms with Crippen molar-refractivity contribution in [1.29, 1.82) is 0 Å². The van der Waals surface area contributed by atoms with Crippen LogP contribution in [0, 0.1) is 0 Å². The lowest BCUT2D eigenvalue weighted by Crippen LogP contribution is -2.56. The van der Waals surface area contributed by atoms with Gasteiger partial charge in [0, 0.05) is 6.42 Å². The third kappa shape index (κ3) is 4.35. The fourth-order valence-corrected chi connectivity index (χ4v) is 1.64. The Kier molecular flexibility index (Phi) is 5.70. The lowest BCUT2D eigenvalue weighted by Gasteiger charge is -2.26. The highest BCUT2D eigenvalue weighted by Gasteiger charge is 2.30. The van der Waals surface area contributed by atoms with Crippen LogP contribution in [0.25, 0.3) is 0 Å². The molecule has 5 nitrogen and oxygen atoms in total. The van der Waals surface area contributed by atoms with Gasteiger partial charge in [-0.15, -0.1) is 0 Å². The zero-order valence-electron chi connectivity index (χ0n) is 12.4. The van der Waals surface area contributed by atoms with E-state index < -0.39 is 17.6 Å². The monoisotopic (exact) mass is 278 g/mol. The van der Waals surface area contributed by atoms with Crippen molar-refractivity contribution in [2.45, 2.75) is 31.8 Å². The molecule has 0 aliphatic heterocycles. The van der Waals surface area contributed by atoms with Crippen LogP contribution >= 0.6 is 0 Å². The summed E-state index contributed by atoms with van der Waals surface area (Å²) in [5.74, 6) is -0.694. The van der Waals surface area contributed by atoms with Crippen LogP contribution in [0.5, 0.6) is 0 Å². The van der Waals surface area contributed by atoms with Gasteiger partial charge in [0.1, 0.15) is 6.04 Å². The smallest absolute Gasteiger partial charge is 0.328 e. The Morgan fingerprint density at radius 3 is 2.35 bits per heavy atom.